The molecule has 2 fully saturated rings. The normalized spacial score (nSPS) is 17.0. The van der Waals surface area contributed by atoms with Gasteiger partial charge in [-0.25, -0.2) is 4.85 Å². The van der Waals surface area contributed by atoms with Crippen LogP contribution in [0.25, 0.3) is 4.85 Å². The van der Waals surface area contributed by atoms with Crippen LogP contribution in [0.3, 0.4) is 0 Å². The van der Waals surface area contributed by atoms with Crippen LogP contribution in [0.2, 0.25) is 0 Å². The lowest BCUT2D eigenvalue weighted by Crippen LogP contribution is -2.55. The lowest BCUT2D eigenvalue weighted by molar-refractivity contribution is -0.140. The summed E-state index contributed by atoms with van der Waals surface area (Å²) in [5.41, 5.74) is -1.05. The number of hydrogen-bond donors (Lipinski definition) is 0. The van der Waals surface area contributed by atoms with E-state index in [1.807, 2.05) is 12.1 Å². The third-order valence-corrected chi connectivity index (χ3v) is 6.66. The second kappa shape index (κ2) is 8.72. The van der Waals surface area contributed by atoms with Crippen molar-refractivity contribution in [2.45, 2.75) is 43.8 Å². The Morgan fingerprint density at radius 1 is 1.18 bits per heavy atom. The van der Waals surface area contributed by atoms with Gasteiger partial charge in [-0.3, -0.25) is 14.5 Å². The summed E-state index contributed by atoms with van der Waals surface area (Å²) in [5.74, 6) is -0.691. The van der Waals surface area contributed by atoms with Crippen molar-refractivity contribution < 1.29 is 27.5 Å². The molecule has 10 heteroatoms. The fraction of sp³-hybridized carbons (Fsp3) is 0.333. The van der Waals surface area contributed by atoms with E-state index in [4.69, 9.17) is 18.8 Å². The van der Waals surface area contributed by atoms with E-state index < -0.39 is 23.0 Å². The molecule has 2 aromatic carbocycles. The minimum atomic E-state index is -4.74. The van der Waals surface area contributed by atoms with E-state index in [2.05, 4.69) is 9.58 Å². The summed E-state index contributed by atoms with van der Waals surface area (Å²) in [4.78, 5) is 30.7. The number of esters is 1. The molecule has 1 amide bonds. The number of carbonyl (C=O) groups is 2. The molecule has 0 N–H and O–H groups in total. The highest BCUT2D eigenvalue weighted by Crippen LogP contribution is 2.48. The highest BCUT2D eigenvalue weighted by atomic mass is 32.1. The number of carbonyl (C=O) groups excluding carboxylic acids is 2. The van der Waals surface area contributed by atoms with Crippen LogP contribution in [0.5, 0.6) is 0 Å². The molecule has 1 saturated heterocycles. The second-order valence-electron chi connectivity index (χ2n) is 8.20. The van der Waals surface area contributed by atoms with Crippen LogP contribution in [-0.2, 0) is 26.9 Å². The number of rotatable bonds is 5. The second-order valence-corrected chi connectivity index (χ2v) is 8.56. The van der Waals surface area contributed by atoms with Gasteiger partial charge in [0, 0.05) is 17.8 Å². The number of benzene rings is 2. The summed E-state index contributed by atoms with van der Waals surface area (Å²) in [7, 11) is 1.33. The Labute approximate surface area is 199 Å². The molecule has 4 rings (SSSR count). The van der Waals surface area contributed by atoms with E-state index in [0.717, 1.165) is 29.0 Å². The Kier molecular flexibility index (Phi) is 6.08. The third kappa shape index (κ3) is 3.90. The molecule has 0 aromatic heterocycles. The minimum absolute atomic E-state index is 0.0156. The summed E-state index contributed by atoms with van der Waals surface area (Å²) in [6.07, 6.45) is -2.18. The van der Waals surface area contributed by atoms with Crippen LogP contribution in [0.4, 0.5) is 30.2 Å². The lowest BCUT2D eigenvalue weighted by Gasteiger charge is -2.43. The zero-order chi connectivity index (χ0) is 24.7. The molecule has 0 atom stereocenters. The van der Waals surface area contributed by atoms with Crippen LogP contribution in [0, 0.1) is 6.57 Å². The van der Waals surface area contributed by atoms with Crippen molar-refractivity contribution in [3.05, 3.63) is 65.0 Å². The fourth-order valence-corrected chi connectivity index (χ4v) is 4.82. The van der Waals surface area contributed by atoms with E-state index in [-0.39, 0.29) is 29.1 Å². The predicted molar refractivity (Wildman–Crippen MR) is 124 cm³/mol. The van der Waals surface area contributed by atoms with Gasteiger partial charge in [0.1, 0.15) is 5.54 Å². The third-order valence-electron chi connectivity index (χ3n) is 6.30. The van der Waals surface area contributed by atoms with Crippen molar-refractivity contribution in [1.29, 1.82) is 0 Å². The first-order valence-corrected chi connectivity index (χ1v) is 11.0. The summed E-state index contributed by atoms with van der Waals surface area (Å²) in [6.45, 7) is 7.04. The number of alkyl halides is 3. The van der Waals surface area contributed by atoms with Crippen molar-refractivity contribution in [1.82, 2.24) is 0 Å². The largest absolute Gasteiger partial charge is 0.469 e. The topological polar surface area (TPSA) is 54.2 Å². The van der Waals surface area contributed by atoms with Crippen molar-refractivity contribution in [2.24, 2.45) is 0 Å². The maximum absolute atomic E-state index is 13.5. The Hall–Kier alpha value is -3.45. The molecule has 1 saturated carbocycles. The quantitative estimate of drug-likeness (QED) is 0.320. The molecule has 0 bridgehead atoms. The van der Waals surface area contributed by atoms with Gasteiger partial charge < -0.3 is 9.64 Å². The molecule has 0 radical (unpaired) electrons. The van der Waals surface area contributed by atoms with Gasteiger partial charge in [0.15, 0.2) is 10.8 Å². The number of nitrogens with zero attached hydrogens (tertiary/aromatic N) is 3. The molecule has 1 aliphatic carbocycles. The lowest BCUT2D eigenvalue weighted by atomic mass is 9.75. The average Bonchev–Trinajstić information content (AvgIpc) is 3.03. The number of thiocarbonyl (C=S) groups is 1. The maximum Gasteiger partial charge on any atom is 0.407 e. The van der Waals surface area contributed by atoms with Gasteiger partial charge in [0.05, 0.1) is 19.2 Å². The first kappa shape index (κ1) is 23.7. The first-order chi connectivity index (χ1) is 16.1. The number of anilines is 2. The van der Waals surface area contributed by atoms with Crippen LogP contribution < -0.4 is 9.80 Å². The molecular formula is C24H20F3N3O3S. The summed E-state index contributed by atoms with van der Waals surface area (Å²) >= 11 is 5.61. The smallest absolute Gasteiger partial charge is 0.407 e. The van der Waals surface area contributed by atoms with E-state index in [0.29, 0.717) is 24.9 Å². The fourth-order valence-electron chi connectivity index (χ4n) is 4.36. The number of aryl methyl sites for hydroxylation is 1. The van der Waals surface area contributed by atoms with Gasteiger partial charge in [-0.15, -0.1) is 0 Å². The number of hydrogen-bond acceptors (Lipinski definition) is 4. The molecule has 1 heterocycles. The Morgan fingerprint density at radius 3 is 2.35 bits per heavy atom. The van der Waals surface area contributed by atoms with Gasteiger partial charge in [-0.2, -0.15) is 13.2 Å². The van der Waals surface area contributed by atoms with Crippen molar-refractivity contribution in [3.8, 4) is 0 Å². The molecule has 0 unspecified atom stereocenters. The zero-order valence-electron chi connectivity index (χ0n) is 18.2. The Bertz CT molecular complexity index is 1200. The average molecular weight is 488 g/mol. The molecule has 176 valence electrons. The highest BCUT2D eigenvalue weighted by molar-refractivity contribution is 7.81. The monoisotopic (exact) mass is 487 g/mol. The predicted octanol–water partition coefficient (Wildman–Crippen LogP) is 5.42. The number of halogens is 3. The van der Waals surface area contributed by atoms with Crippen LogP contribution >= 0.6 is 12.2 Å². The van der Waals surface area contributed by atoms with Crippen LogP contribution in [-0.4, -0.2) is 29.6 Å². The molecule has 34 heavy (non-hydrogen) atoms. The number of ether oxygens (including phenoxy) is 1. The van der Waals surface area contributed by atoms with Gasteiger partial charge in [-0.05, 0) is 67.7 Å². The van der Waals surface area contributed by atoms with Crippen molar-refractivity contribution in [3.63, 3.8) is 0 Å². The van der Waals surface area contributed by atoms with Crippen molar-refractivity contribution >= 4 is 46.3 Å². The van der Waals surface area contributed by atoms with E-state index >= 15 is 0 Å². The summed E-state index contributed by atoms with van der Waals surface area (Å²) in [6, 6.07) is 10.4. The summed E-state index contributed by atoms with van der Waals surface area (Å²) in [5, 5.41) is 0.0932. The Balaban J connectivity index is 1.68. The SMILES string of the molecule is [C-]#[N+]c1ccc(N2C(=O)C3(CCC3)N(c3ccc(CCC(=O)OC)cc3)C2=S)cc1C(F)(F)F. The Morgan fingerprint density at radius 2 is 1.82 bits per heavy atom. The molecular weight excluding hydrogens is 467 g/mol. The van der Waals surface area contributed by atoms with Gasteiger partial charge in [-0.1, -0.05) is 18.2 Å². The maximum atomic E-state index is 13.5. The number of methoxy groups -OCH3 is 1. The standard InChI is InChI=1S/C24H20F3N3O3S/c1-28-19-10-9-17(14-18(19)24(25,26)27)29-21(32)23(12-3-13-23)30(22(29)34)16-7-4-15(5-8-16)6-11-20(31)33-2/h4-5,7-10,14H,3,6,11-13H2,2H3. The van der Waals surface area contributed by atoms with Crippen molar-refractivity contribution in [2.75, 3.05) is 16.9 Å². The van der Waals surface area contributed by atoms with E-state index in [9.17, 15) is 22.8 Å². The van der Waals surface area contributed by atoms with E-state index in [1.54, 1.807) is 17.0 Å². The van der Waals surface area contributed by atoms with E-state index in [1.165, 1.54) is 13.2 Å². The van der Waals surface area contributed by atoms with Gasteiger partial charge in [0.2, 0.25) is 0 Å². The van der Waals surface area contributed by atoms with Crippen LogP contribution in [0.1, 0.15) is 36.8 Å². The van der Waals surface area contributed by atoms with Gasteiger partial charge >= 0.3 is 12.1 Å². The summed E-state index contributed by atoms with van der Waals surface area (Å²) < 4.78 is 45.2. The van der Waals surface area contributed by atoms with Gasteiger partial charge in [0.25, 0.3) is 5.91 Å². The molecule has 1 aliphatic heterocycles. The molecule has 1 spiro atoms. The first-order valence-electron chi connectivity index (χ1n) is 10.6. The molecule has 2 aliphatic rings. The molecule has 6 nitrogen and oxygen atoms in total. The molecule has 2 aromatic rings. The number of amides is 1. The zero-order valence-corrected chi connectivity index (χ0v) is 19.0. The minimum Gasteiger partial charge on any atom is -0.469 e. The highest BCUT2D eigenvalue weighted by Gasteiger charge is 2.59. The van der Waals surface area contributed by atoms with Crippen LogP contribution in [0.15, 0.2) is 42.5 Å².